The van der Waals surface area contributed by atoms with E-state index >= 15 is 0 Å². The number of guanidine groups is 1. The smallest absolute Gasteiger partial charge is 0.266 e. The SMILES string of the molecule is CC1CN(C2CCCCC2)C(=N)N1S(=O)(=O)c1ccc(CCN)cc1.Cl.Cl. The maximum Gasteiger partial charge on any atom is 0.266 e. The molecule has 1 saturated heterocycles. The lowest BCUT2D eigenvalue weighted by molar-refractivity contribution is 0.254. The van der Waals surface area contributed by atoms with Gasteiger partial charge in [-0.25, -0.2) is 12.7 Å². The average Bonchev–Trinajstić information content (AvgIpc) is 2.91. The van der Waals surface area contributed by atoms with Crippen LogP contribution in [-0.4, -0.2) is 48.8 Å². The molecule has 1 atom stereocenters. The second-order valence-corrected chi connectivity index (χ2v) is 8.92. The molecular weight excluding hydrogens is 407 g/mol. The molecule has 0 bridgehead atoms. The monoisotopic (exact) mass is 436 g/mol. The molecule has 6 nitrogen and oxygen atoms in total. The van der Waals surface area contributed by atoms with Crippen molar-refractivity contribution in [1.29, 1.82) is 5.41 Å². The average molecular weight is 437 g/mol. The summed E-state index contributed by atoms with van der Waals surface area (Å²) in [7, 11) is -3.70. The zero-order valence-electron chi connectivity index (χ0n) is 15.6. The Bertz CT molecular complexity index is 721. The lowest BCUT2D eigenvalue weighted by Crippen LogP contribution is -2.43. The Hall–Kier alpha value is -1.02. The van der Waals surface area contributed by atoms with Crippen LogP contribution < -0.4 is 5.73 Å². The van der Waals surface area contributed by atoms with E-state index in [9.17, 15) is 8.42 Å². The highest BCUT2D eigenvalue weighted by Gasteiger charge is 2.42. The van der Waals surface area contributed by atoms with E-state index in [-0.39, 0.29) is 41.7 Å². The van der Waals surface area contributed by atoms with E-state index in [0.717, 1.165) is 37.7 Å². The molecule has 2 aliphatic rings. The van der Waals surface area contributed by atoms with Gasteiger partial charge in [-0.05, 0) is 50.4 Å². The van der Waals surface area contributed by atoms with Crippen LogP contribution in [0.3, 0.4) is 0 Å². The van der Waals surface area contributed by atoms with Crippen molar-refractivity contribution in [2.24, 2.45) is 5.73 Å². The van der Waals surface area contributed by atoms with Crippen LogP contribution in [0.15, 0.2) is 29.2 Å². The van der Waals surface area contributed by atoms with E-state index in [1.165, 1.54) is 10.7 Å². The van der Waals surface area contributed by atoms with Crippen LogP contribution in [0.1, 0.15) is 44.6 Å². The standard InChI is InChI=1S/C18H28N4O2S.2ClH/c1-14-13-21(16-5-3-2-4-6-16)18(20)22(14)25(23,24)17-9-7-15(8-10-17)11-12-19;;/h7-10,14,16,20H,2-6,11-13,19H2,1H3;2*1H. The van der Waals surface area contributed by atoms with E-state index < -0.39 is 10.0 Å². The zero-order chi connectivity index (χ0) is 18.0. The molecule has 0 aromatic heterocycles. The third-order valence-corrected chi connectivity index (χ3v) is 7.19. The third-order valence-electron chi connectivity index (χ3n) is 5.27. The lowest BCUT2D eigenvalue weighted by Gasteiger charge is -2.32. The number of rotatable bonds is 5. The van der Waals surface area contributed by atoms with Crippen molar-refractivity contribution >= 4 is 40.8 Å². The first-order chi connectivity index (χ1) is 11.9. The quantitative estimate of drug-likeness (QED) is 0.741. The van der Waals surface area contributed by atoms with Gasteiger partial charge < -0.3 is 10.6 Å². The number of nitrogens with one attached hydrogen (secondary N) is 1. The lowest BCUT2D eigenvalue weighted by atomic mass is 9.94. The summed E-state index contributed by atoms with van der Waals surface area (Å²) in [6.07, 6.45) is 6.40. The summed E-state index contributed by atoms with van der Waals surface area (Å²) in [4.78, 5) is 2.24. The van der Waals surface area contributed by atoms with Gasteiger partial charge in [0.25, 0.3) is 10.0 Å². The van der Waals surface area contributed by atoms with Gasteiger partial charge in [-0.3, -0.25) is 5.41 Å². The minimum atomic E-state index is -3.70. The second-order valence-electron chi connectivity index (χ2n) is 7.10. The van der Waals surface area contributed by atoms with Gasteiger partial charge in [-0.2, -0.15) is 0 Å². The van der Waals surface area contributed by atoms with Gasteiger partial charge >= 0.3 is 0 Å². The van der Waals surface area contributed by atoms with E-state index in [2.05, 4.69) is 0 Å². The largest absolute Gasteiger partial charge is 0.337 e. The number of nitrogens with two attached hydrogens (primary N) is 1. The molecule has 0 spiro atoms. The van der Waals surface area contributed by atoms with Gasteiger partial charge in [0.05, 0.1) is 10.9 Å². The second kappa shape index (κ2) is 9.96. The Balaban J connectivity index is 0.00000182. The highest BCUT2D eigenvalue weighted by atomic mass is 35.5. The Kier molecular flexibility index (Phi) is 8.86. The van der Waals surface area contributed by atoms with Crippen molar-refractivity contribution in [3.63, 3.8) is 0 Å². The summed E-state index contributed by atoms with van der Waals surface area (Å²) < 4.78 is 27.5. The minimum Gasteiger partial charge on any atom is -0.337 e. The van der Waals surface area contributed by atoms with Crippen LogP contribution in [0.5, 0.6) is 0 Å². The number of benzene rings is 1. The summed E-state index contributed by atoms with van der Waals surface area (Å²) in [5.74, 6) is 0.130. The maximum atomic E-state index is 13.1. The first-order valence-corrected chi connectivity index (χ1v) is 10.6. The van der Waals surface area contributed by atoms with Crippen LogP contribution in [0, 0.1) is 5.41 Å². The molecule has 3 rings (SSSR count). The van der Waals surface area contributed by atoms with E-state index in [4.69, 9.17) is 11.1 Å². The van der Waals surface area contributed by atoms with Gasteiger partial charge in [0.1, 0.15) is 0 Å². The van der Waals surface area contributed by atoms with Gasteiger partial charge in [0.15, 0.2) is 0 Å². The van der Waals surface area contributed by atoms with Crippen LogP contribution >= 0.6 is 24.8 Å². The molecule has 0 amide bonds. The van der Waals surface area contributed by atoms with Gasteiger partial charge in [-0.1, -0.05) is 31.4 Å². The predicted molar refractivity (Wildman–Crippen MR) is 113 cm³/mol. The fourth-order valence-electron chi connectivity index (χ4n) is 3.95. The molecule has 3 N–H and O–H groups in total. The van der Waals surface area contributed by atoms with Gasteiger partial charge in [0, 0.05) is 12.6 Å². The number of sulfonamides is 1. The highest BCUT2D eigenvalue weighted by Crippen LogP contribution is 2.31. The van der Waals surface area contributed by atoms with Crippen molar-refractivity contribution in [1.82, 2.24) is 9.21 Å². The number of hydrogen-bond acceptors (Lipinski definition) is 4. The summed E-state index contributed by atoms with van der Waals surface area (Å²) in [6.45, 7) is 3.03. The Labute approximate surface area is 174 Å². The van der Waals surface area contributed by atoms with Crippen molar-refractivity contribution in [3.8, 4) is 0 Å². The van der Waals surface area contributed by atoms with Gasteiger partial charge in [0.2, 0.25) is 5.96 Å². The molecule has 0 radical (unpaired) electrons. The molecule has 1 aliphatic heterocycles. The van der Waals surface area contributed by atoms with Crippen molar-refractivity contribution < 1.29 is 8.42 Å². The van der Waals surface area contributed by atoms with Gasteiger partial charge in [-0.15, -0.1) is 24.8 Å². The molecule has 1 heterocycles. The number of nitrogens with zero attached hydrogens (tertiary/aromatic N) is 2. The Morgan fingerprint density at radius 1 is 1.11 bits per heavy atom. The molecular formula is C18H30Cl2N4O2S. The number of hydrogen-bond donors (Lipinski definition) is 2. The van der Waals surface area contributed by atoms with Crippen LogP contribution in [0.4, 0.5) is 0 Å². The van der Waals surface area contributed by atoms with Crippen molar-refractivity contribution in [3.05, 3.63) is 29.8 Å². The highest BCUT2D eigenvalue weighted by molar-refractivity contribution is 7.89. The number of halogens is 2. The van der Waals surface area contributed by atoms with Crippen molar-refractivity contribution in [2.45, 2.75) is 62.4 Å². The normalized spacial score (nSPS) is 21.0. The molecule has 1 aliphatic carbocycles. The molecule has 1 saturated carbocycles. The fourth-order valence-corrected chi connectivity index (χ4v) is 5.53. The Morgan fingerprint density at radius 3 is 2.26 bits per heavy atom. The molecule has 1 unspecified atom stereocenters. The van der Waals surface area contributed by atoms with E-state index in [1.54, 1.807) is 12.1 Å². The van der Waals surface area contributed by atoms with E-state index in [0.29, 0.717) is 19.1 Å². The summed E-state index contributed by atoms with van der Waals surface area (Å²) in [5.41, 5.74) is 6.57. The van der Waals surface area contributed by atoms with Crippen LogP contribution in [-0.2, 0) is 16.4 Å². The fraction of sp³-hybridized carbons (Fsp3) is 0.611. The van der Waals surface area contributed by atoms with Crippen molar-refractivity contribution in [2.75, 3.05) is 13.1 Å². The topological polar surface area (TPSA) is 90.5 Å². The molecule has 1 aromatic rings. The summed E-state index contributed by atoms with van der Waals surface area (Å²) in [5, 5.41) is 8.50. The molecule has 9 heteroatoms. The first kappa shape index (κ1) is 24.0. The molecule has 27 heavy (non-hydrogen) atoms. The van der Waals surface area contributed by atoms with Crippen LogP contribution in [0.25, 0.3) is 0 Å². The Morgan fingerprint density at radius 2 is 1.70 bits per heavy atom. The molecule has 154 valence electrons. The maximum absolute atomic E-state index is 13.1. The molecule has 1 aromatic carbocycles. The zero-order valence-corrected chi connectivity index (χ0v) is 18.1. The predicted octanol–water partition coefficient (Wildman–Crippen LogP) is 2.99. The first-order valence-electron chi connectivity index (χ1n) is 9.14. The van der Waals surface area contributed by atoms with Crippen LogP contribution in [0.2, 0.25) is 0 Å². The van der Waals surface area contributed by atoms with E-state index in [1.807, 2.05) is 24.0 Å². The minimum absolute atomic E-state index is 0. The summed E-state index contributed by atoms with van der Waals surface area (Å²) in [6, 6.07) is 6.96. The third kappa shape index (κ3) is 4.88. The molecule has 2 fully saturated rings. The summed E-state index contributed by atoms with van der Waals surface area (Å²) >= 11 is 0.